The maximum Gasteiger partial charge on any atom is 0.313 e. The number of benzene rings is 1. The van der Waals surface area contributed by atoms with Crippen molar-refractivity contribution in [2.75, 3.05) is 7.11 Å². The lowest BCUT2D eigenvalue weighted by Gasteiger charge is -2.94. The van der Waals surface area contributed by atoms with Crippen molar-refractivity contribution in [1.29, 1.82) is 0 Å². The normalized spacial score (nSPS) is 47.5. The number of para-hydroxylation sites is 1. The summed E-state index contributed by atoms with van der Waals surface area (Å²) in [5.74, 6) is 2.42. The zero-order valence-corrected chi connectivity index (χ0v) is 14.9. The van der Waals surface area contributed by atoms with Gasteiger partial charge in [0.15, 0.2) is 0 Å². The van der Waals surface area contributed by atoms with Crippen LogP contribution in [0.4, 0.5) is 0 Å². The molecule has 0 bridgehead atoms. The van der Waals surface area contributed by atoms with Crippen molar-refractivity contribution in [2.45, 2.75) is 15.8 Å². The lowest BCUT2D eigenvalue weighted by molar-refractivity contribution is -0.422. The third-order valence-corrected chi connectivity index (χ3v) is 9.31. The lowest BCUT2D eigenvalue weighted by Crippen LogP contribution is -2.98. The Morgan fingerprint density at radius 3 is 2.74 bits per heavy atom. The predicted octanol–water partition coefficient (Wildman–Crippen LogP) is 3.34. The summed E-state index contributed by atoms with van der Waals surface area (Å²) >= 11 is 2.51. The second-order valence-corrected chi connectivity index (χ2v) is 8.99. The van der Waals surface area contributed by atoms with Crippen LogP contribution in [0.3, 0.4) is 0 Å². The largest absolute Gasteiger partial charge is 0.469 e. The molecule has 4 heteroatoms. The summed E-state index contributed by atoms with van der Waals surface area (Å²) in [7, 11) is 1.54. The van der Waals surface area contributed by atoms with E-state index in [0.29, 0.717) is 27.6 Å². The number of alkyl halides is 1. The number of hydrogen-bond acceptors (Lipinski definition) is 3. The highest BCUT2D eigenvalue weighted by Gasteiger charge is 2.98. The van der Waals surface area contributed by atoms with E-state index in [1.54, 1.807) is 0 Å². The first-order chi connectivity index (χ1) is 11.2. The molecule has 2 aromatic rings. The van der Waals surface area contributed by atoms with E-state index >= 15 is 0 Å². The van der Waals surface area contributed by atoms with Crippen molar-refractivity contribution in [3.63, 3.8) is 0 Å². The van der Waals surface area contributed by atoms with Crippen molar-refractivity contribution in [2.24, 2.45) is 29.1 Å². The molecule has 7 unspecified atom stereocenters. The molecule has 0 spiro atoms. The van der Waals surface area contributed by atoms with E-state index in [4.69, 9.17) is 9.72 Å². The van der Waals surface area contributed by atoms with E-state index in [2.05, 4.69) is 59.0 Å². The Morgan fingerprint density at radius 2 is 2.04 bits per heavy atom. The van der Waals surface area contributed by atoms with Gasteiger partial charge in [0.05, 0.1) is 18.0 Å². The van der Waals surface area contributed by atoms with E-state index in [9.17, 15) is 4.79 Å². The fraction of sp³-hybridized carbons (Fsp3) is 0.474. The zero-order valence-electron chi connectivity index (χ0n) is 12.7. The van der Waals surface area contributed by atoms with Crippen LogP contribution >= 0.6 is 22.6 Å². The number of methoxy groups -OCH3 is 1. The second-order valence-electron chi connectivity index (χ2n) is 7.64. The maximum atomic E-state index is 12.4. The smallest absolute Gasteiger partial charge is 0.313 e. The summed E-state index contributed by atoms with van der Waals surface area (Å²) in [5.41, 5.74) is 2.46. The van der Waals surface area contributed by atoms with Crippen molar-refractivity contribution >= 4 is 39.5 Å². The Hall–Kier alpha value is -1.17. The highest BCUT2D eigenvalue weighted by molar-refractivity contribution is 14.1. The first-order valence-electron chi connectivity index (χ1n) is 8.26. The van der Waals surface area contributed by atoms with Crippen molar-refractivity contribution in [1.82, 2.24) is 4.98 Å². The molecule has 0 N–H and O–H groups in total. The molecule has 7 atom stereocenters. The molecule has 0 radical (unpaired) electrons. The molecule has 23 heavy (non-hydrogen) atoms. The van der Waals surface area contributed by atoms with Crippen LogP contribution in [-0.4, -0.2) is 22.0 Å². The number of aromatic nitrogens is 1. The number of pyridine rings is 1. The molecule has 1 aromatic carbocycles. The molecule has 0 aliphatic heterocycles. The Balaban J connectivity index is 1.44. The van der Waals surface area contributed by atoms with Gasteiger partial charge in [-0.2, -0.15) is 0 Å². The van der Waals surface area contributed by atoms with Gasteiger partial charge in [-0.1, -0.05) is 46.9 Å². The number of esters is 1. The monoisotopic (exact) mass is 417 g/mol. The average Bonchev–Trinajstić information content (AvgIpc) is 2.59. The number of carbonyl (C=O) groups excluding carboxylic acids is 1. The zero-order chi connectivity index (χ0) is 15.6. The van der Waals surface area contributed by atoms with Gasteiger partial charge < -0.3 is 4.74 Å². The number of ether oxygens (including phenoxy) is 1. The summed E-state index contributed by atoms with van der Waals surface area (Å²) in [6, 6.07) is 12.8. The van der Waals surface area contributed by atoms with Crippen LogP contribution in [-0.2, 0) is 14.9 Å². The van der Waals surface area contributed by atoms with Crippen molar-refractivity contribution in [3.05, 3.63) is 42.1 Å². The maximum absolute atomic E-state index is 12.4. The molecule has 1 aromatic heterocycles. The molecule has 4 fully saturated rings. The molecular formula is C19H16INO2. The number of rotatable bonds is 2. The van der Waals surface area contributed by atoms with Crippen LogP contribution in [0.1, 0.15) is 12.1 Å². The molecule has 4 aliphatic carbocycles. The van der Waals surface area contributed by atoms with Gasteiger partial charge in [0, 0.05) is 20.4 Å². The topological polar surface area (TPSA) is 39.2 Å². The minimum Gasteiger partial charge on any atom is -0.469 e. The van der Waals surface area contributed by atoms with Gasteiger partial charge in [-0.15, -0.1) is 0 Å². The summed E-state index contributed by atoms with van der Waals surface area (Å²) in [6.07, 6.45) is 1.12. The lowest BCUT2D eigenvalue weighted by atomic mass is 9.09. The number of halogens is 1. The Bertz CT molecular complexity index is 880. The third-order valence-electron chi connectivity index (χ3n) is 7.51. The highest BCUT2D eigenvalue weighted by Crippen LogP contribution is 2.95. The molecule has 6 rings (SSSR count). The molecular weight excluding hydrogens is 401 g/mol. The van der Waals surface area contributed by atoms with Gasteiger partial charge >= 0.3 is 5.97 Å². The van der Waals surface area contributed by atoms with Crippen LogP contribution in [0, 0.1) is 29.1 Å². The fourth-order valence-corrected chi connectivity index (χ4v) is 8.95. The summed E-state index contributed by atoms with van der Waals surface area (Å²) in [4.78, 5) is 17.4. The van der Waals surface area contributed by atoms with E-state index in [1.807, 2.05) is 0 Å². The predicted molar refractivity (Wildman–Crippen MR) is 94.3 cm³/mol. The van der Waals surface area contributed by atoms with Crippen LogP contribution in [0.25, 0.3) is 10.9 Å². The Labute approximate surface area is 147 Å². The first-order valence-corrected chi connectivity index (χ1v) is 9.50. The van der Waals surface area contributed by atoms with Gasteiger partial charge in [0.25, 0.3) is 0 Å². The van der Waals surface area contributed by atoms with Crippen LogP contribution in [0.2, 0.25) is 0 Å². The number of carbonyl (C=O) groups is 1. The van der Waals surface area contributed by atoms with E-state index in [1.165, 1.54) is 18.2 Å². The fourth-order valence-electron chi connectivity index (χ4n) is 6.73. The number of hydrogen-bond donors (Lipinski definition) is 0. The quantitative estimate of drug-likeness (QED) is 0.428. The second kappa shape index (κ2) is 3.73. The number of nitrogens with zero attached hydrogens (tertiary/aromatic N) is 1. The molecule has 4 aliphatic rings. The van der Waals surface area contributed by atoms with Gasteiger partial charge in [0.1, 0.15) is 0 Å². The number of fused-ring (bicyclic) bond motifs is 3. The van der Waals surface area contributed by atoms with Gasteiger partial charge in [0.2, 0.25) is 0 Å². The average molecular weight is 417 g/mol. The summed E-state index contributed by atoms with van der Waals surface area (Å²) < 4.78 is 5.56. The van der Waals surface area contributed by atoms with E-state index in [0.717, 1.165) is 11.9 Å². The molecule has 1 heterocycles. The first kappa shape index (κ1) is 13.2. The Kier molecular flexibility index (Phi) is 2.14. The van der Waals surface area contributed by atoms with Gasteiger partial charge in [-0.05, 0) is 42.2 Å². The van der Waals surface area contributed by atoms with Crippen molar-refractivity contribution < 1.29 is 9.53 Å². The molecule has 3 nitrogen and oxygen atoms in total. The van der Waals surface area contributed by atoms with Crippen LogP contribution < -0.4 is 0 Å². The minimum absolute atomic E-state index is 0.0409. The van der Waals surface area contributed by atoms with Crippen LogP contribution in [0.15, 0.2) is 36.4 Å². The molecule has 0 saturated heterocycles. The molecule has 116 valence electrons. The van der Waals surface area contributed by atoms with E-state index < -0.39 is 0 Å². The van der Waals surface area contributed by atoms with Crippen molar-refractivity contribution in [3.8, 4) is 0 Å². The summed E-state index contributed by atoms with van der Waals surface area (Å²) in [5, 5.41) is 1.21. The van der Waals surface area contributed by atoms with Gasteiger partial charge in [-0.25, -0.2) is 0 Å². The highest BCUT2D eigenvalue weighted by atomic mass is 127. The molecule has 0 amide bonds. The standard InChI is InChI=1S/C19H16INO2/c1-23-17(22)19-10-8-18(13(10)14(19)15(18)16(19)20)12-7-6-9-4-2-3-5-11(9)21-12/h2-7,10,13-16H,8H2,1H3. The SMILES string of the molecule is COC(=O)C12C(I)C3C1C1C2CC31c1ccc2ccccc2n1. The van der Waals surface area contributed by atoms with Crippen LogP contribution in [0.5, 0.6) is 0 Å². The van der Waals surface area contributed by atoms with Gasteiger partial charge in [-0.3, -0.25) is 9.78 Å². The minimum atomic E-state index is -0.150. The van der Waals surface area contributed by atoms with E-state index in [-0.39, 0.29) is 16.8 Å². The Morgan fingerprint density at radius 1 is 1.22 bits per heavy atom. The molecule has 4 saturated carbocycles. The third kappa shape index (κ3) is 1.05. The summed E-state index contributed by atoms with van der Waals surface area (Å²) in [6.45, 7) is 0.